The first kappa shape index (κ1) is 11.4. The van der Waals surface area contributed by atoms with Crippen molar-refractivity contribution in [2.24, 2.45) is 0 Å². The number of rotatable bonds is 3. The Bertz CT molecular complexity index is 637. The highest BCUT2D eigenvalue weighted by Gasteiger charge is 2.11. The Balaban J connectivity index is 2.01. The monoisotopic (exact) mass is 258 g/mol. The second-order valence-corrected chi connectivity index (χ2v) is 5.04. The number of hydrogen-bond acceptors (Lipinski definition) is 4. The molecule has 0 bridgehead atoms. The molecule has 0 aliphatic heterocycles. The van der Waals surface area contributed by atoms with Gasteiger partial charge in [0.25, 0.3) is 0 Å². The molecular weight excluding hydrogens is 244 g/mol. The van der Waals surface area contributed by atoms with E-state index in [1.54, 1.807) is 11.3 Å². The predicted octanol–water partition coefficient (Wildman–Crippen LogP) is 2.74. The minimum atomic E-state index is 0.270. The van der Waals surface area contributed by atoms with Crippen molar-refractivity contribution in [1.29, 1.82) is 0 Å². The molecule has 0 aromatic carbocycles. The van der Waals surface area contributed by atoms with Crippen molar-refractivity contribution >= 4 is 17.0 Å². The lowest BCUT2D eigenvalue weighted by molar-refractivity contribution is 0.637. The van der Waals surface area contributed by atoms with Gasteiger partial charge in [0.2, 0.25) is 0 Å². The van der Waals surface area contributed by atoms with E-state index in [0.29, 0.717) is 0 Å². The van der Waals surface area contributed by atoms with Crippen LogP contribution in [0.3, 0.4) is 0 Å². The summed E-state index contributed by atoms with van der Waals surface area (Å²) in [5.74, 6) is 0. The summed E-state index contributed by atoms with van der Waals surface area (Å²) in [7, 11) is 1.94. The third-order valence-corrected chi connectivity index (χ3v) is 3.86. The zero-order valence-electron chi connectivity index (χ0n) is 10.3. The van der Waals surface area contributed by atoms with Crippen molar-refractivity contribution in [3.05, 3.63) is 41.7 Å². The second kappa shape index (κ2) is 4.51. The standard InChI is InChI=1S/C13H14N4S/c1-9(14-2)11-8-18-13(16-11)10-7-17-6-4-3-5-12(17)15-10/h3-9,14H,1-2H3. The van der Waals surface area contributed by atoms with E-state index in [1.165, 1.54) is 0 Å². The summed E-state index contributed by atoms with van der Waals surface area (Å²) < 4.78 is 2.01. The molecule has 1 unspecified atom stereocenters. The first-order chi connectivity index (χ1) is 8.78. The van der Waals surface area contributed by atoms with Crippen LogP contribution >= 0.6 is 11.3 Å². The first-order valence-electron chi connectivity index (χ1n) is 5.84. The molecule has 3 rings (SSSR count). The summed E-state index contributed by atoms with van der Waals surface area (Å²) in [4.78, 5) is 9.20. The van der Waals surface area contributed by atoms with Gasteiger partial charge in [0.05, 0.1) is 5.69 Å². The van der Waals surface area contributed by atoms with E-state index in [4.69, 9.17) is 0 Å². The van der Waals surface area contributed by atoms with Crippen LogP contribution in [0.5, 0.6) is 0 Å². The lowest BCUT2D eigenvalue weighted by Crippen LogP contribution is -2.12. The molecule has 3 aromatic rings. The Kier molecular flexibility index (Phi) is 2.85. The molecule has 0 saturated heterocycles. The number of nitrogens with zero attached hydrogens (tertiary/aromatic N) is 3. The molecule has 1 atom stereocenters. The summed E-state index contributed by atoms with van der Waals surface area (Å²) in [6.07, 6.45) is 4.01. The number of imidazole rings is 1. The molecule has 18 heavy (non-hydrogen) atoms. The van der Waals surface area contributed by atoms with Gasteiger partial charge in [-0.3, -0.25) is 0 Å². The Hall–Kier alpha value is -1.72. The summed E-state index contributed by atoms with van der Waals surface area (Å²) in [6.45, 7) is 2.10. The molecule has 0 aliphatic carbocycles. The SMILES string of the molecule is CNC(C)c1csc(-c2cn3ccccc3n2)n1. The lowest BCUT2D eigenvalue weighted by Gasteiger charge is -2.04. The molecule has 3 heterocycles. The number of fused-ring (bicyclic) bond motifs is 1. The fraction of sp³-hybridized carbons (Fsp3) is 0.231. The van der Waals surface area contributed by atoms with Gasteiger partial charge in [-0.2, -0.15) is 0 Å². The van der Waals surface area contributed by atoms with Crippen molar-refractivity contribution in [2.75, 3.05) is 7.05 Å². The van der Waals surface area contributed by atoms with E-state index in [0.717, 1.165) is 22.0 Å². The normalized spacial score (nSPS) is 13.0. The Morgan fingerprint density at radius 2 is 2.22 bits per heavy atom. The largest absolute Gasteiger partial charge is 0.312 e. The molecule has 3 aromatic heterocycles. The maximum atomic E-state index is 4.63. The molecule has 0 aliphatic rings. The van der Waals surface area contributed by atoms with Crippen molar-refractivity contribution in [3.8, 4) is 10.7 Å². The summed E-state index contributed by atoms with van der Waals surface area (Å²) in [5, 5.41) is 6.24. The van der Waals surface area contributed by atoms with E-state index >= 15 is 0 Å². The van der Waals surface area contributed by atoms with Crippen LogP contribution in [0.15, 0.2) is 36.0 Å². The van der Waals surface area contributed by atoms with Gasteiger partial charge in [0, 0.05) is 23.8 Å². The molecule has 5 heteroatoms. The number of nitrogens with one attached hydrogen (secondary N) is 1. The molecule has 0 saturated carbocycles. The average molecular weight is 258 g/mol. The highest BCUT2D eigenvalue weighted by atomic mass is 32.1. The molecule has 0 radical (unpaired) electrons. The van der Waals surface area contributed by atoms with Crippen molar-refractivity contribution in [2.45, 2.75) is 13.0 Å². The lowest BCUT2D eigenvalue weighted by atomic mass is 10.3. The van der Waals surface area contributed by atoms with E-state index in [-0.39, 0.29) is 6.04 Å². The van der Waals surface area contributed by atoms with Crippen LogP contribution in [-0.2, 0) is 0 Å². The van der Waals surface area contributed by atoms with Crippen LogP contribution in [-0.4, -0.2) is 21.4 Å². The summed E-state index contributed by atoms with van der Waals surface area (Å²) in [6, 6.07) is 6.25. The van der Waals surface area contributed by atoms with E-state index < -0.39 is 0 Å². The summed E-state index contributed by atoms with van der Waals surface area (Å²) >= 11 is 1.63. The molecule has 4 nitrogen and oxygen atoms in total. The maximum absolute atomic E-state index is 4.63. The molecular formula is C13H14N4S. The minimum Gasteiger partial charge on any atom is -0.312 e. The van der Waals surface area contributed by atoms with Crippen LogP contribution in [0.4, 0.5) is 0 Å². The number of thiazole rings is 1. The fourth-order valence-corrected chi connectivity index (χ4v) is 2.65. The van der Waals surface area contributed by atoms with Gasteiger partial charge in [0.15, 0.2) is 0 Å². The third kappa shape index (κ3) is 1.91. The minimum absolute atomic E-state index is 0.270. The predicted molar refractivity (Wildman–Crippen MR) is 73.8 cm³/mol. The molecule has 92 valence electrons. The number of hydrogen-bond donors (Lipinski definition) is 1. The van der Waals surface area contributed by atoms with Crippen LogP contribution < -0.4 is 5.32 Å². The zero-order valence-corrected chi connectivity index (χ0v) is 11.1. The van der Waals surface area contributed by atoms with E-state index in [1.807, 2.05) is 42.0 Å². The number of aromatic nitrogens is 3. The highest BCUT2D eigenvalue weighted by Crippen LogP contribution is 2.25. The van der Waals surface area contributed by atoms with Gasteiger partial charge in [-0.1, -0.05) is 6.07 Å². The molecule has 0 fully saturated rings. The maximum Gasteiger partial charge on any atom is 0.143 e. The Morgan fingerprint density at radius 3 is 3.00 bits per heavy atom. The van der Waals surface area contributed by atoms with E-state index in [9.17, 15) is 0 Å². The molecule has 0 amide bonds. The first-order valence-corrected chi connectivity index (χ1v) is 6.72. The highest BCUT2D eigenvalue weighted by molar-refractivity contribution is 7.13. The average Bonchev–Trinajstić information content (AvgIpc) is 3.03. The zero-order chi connectivity index (χ0) is 12.5. The number of pyridine rings is 1. The van der Waals surface area contributed by atoms with Crippen molar-refractivity contribution < 1.29 is 0 Å². The van der Waals surface area contributed by atoms with Crippen molar-refractivity contribution in [1.82, 2.24) is 19.7 Å². The van der Waals surface area contributed by atoms with Gasteiger partial charge >= 0.3 is 0 Å². The Morgan fingerprint density at radius 1 is 1.33 bits per heavy atom. The van der Waals surface area contributed by atoms with Gasteiger partial charge in [-0.05, 0) is 26.1 Å². The van der Waals surface area contributed by atoms with Gasteiger partial charge in [-0.15, -0.1) is 11.3 Å². The van der Waals surface area contributed by atoms with Crippen LogP contribution in [0, 0.1) is 0 Å². The van der Waals surface area contributed by atoms with Gasteiger partial charge in [-0.25, -0.2) is 9.97 Å². The van der Waals surface area contributed by atoms with E-state index in [2.05, 4.69) is 27.6 Å². The van der Waals surface area contributed by atoms with Crippen LogP contribution in [0.2, 0.25) is 0 Å². The Labute approximate surface area is 109 Å². The second-order valence-electron chi connectivity index (χ2n) is 4.18. The summed E-state index contributed by atoms with van der Waals surface area (Å²) in [5.41, 5.74) is 2.95. The topological polar surface area (TPSA) is 42.2 Å². The van der Waals surface area contributed by atoms with Gasteiger partial charge in [0.1, 0.15) is 16.3 Å². The molecule has 1 N–H and O–H groups in total. The van der Waals surface area contributed by atoms with Crippen LogP contribution in [0.1, 0.15) is 18.7 Å². The van der Waals surface area contributed by atoms with Gasteiger partial charge < -0.3 is 9.72 Å². The smallest absolute Gasteiger partial charge is 0.143 e. The fourth-order valence-electron chi connectivity index (χ4n) is 1.79. The quantitative estimate of drug-likeness (QED) is 0.785. The van der Waals surface area contributed by atoms with Crippen LogP contribution in [0.25, 0.3) is 16.3 Å². The molecule has 0 spiro atoms. The van der Waals surface area contributed by atoms with Crippen molar-refractivity contribution in [3.63, 3.8) is 0 Å². The third-order valence-electron chi connectivity index (χ3n) is 2.98.